The number of hydrogen-bond donors (Lipinski definition) is 0. The van der Waals surface area contributed by atoms with Crippen molar-refractivity contribution in [1.29, 1.82) is 0 Å². The molecule has 3 heteroatoms. The summed E-state index contributed by atoms with van der Waals surface area (Å²) in [5.74, 6) is 2.66. The summed E-state index contributed by atoms with van der Waals surface area (Å²) in [4.78, 5) is 0. The molecule has 3 aromatic rings. The molecular weight excluding hydrogens is 312 g/mol. The quantitative estimate of drug-likeness (QED) is 0.640. The summed E-state index contributed by atoms with van der Waals surface area (Å²) < 4.78 is 15.2. The summed E-state index contributed by atoms with van der Waals surface area (Å²) in [5, 5.41) is 0. The molecule has 130 valence electrons. The molecule has 0 aliphatic rings. The molecule has 0 aliphatic heterocycles. The molecule has 0 N–H and O–H groups in total. The second-order valence-corrected chi connectivity index (χ2v) is 5.47. The highest BCUT2D eigenvalue weighted by Crippen LogP contribution is 2.24. The monoisotopic (exact) mass is 336 g/mol. The van der Waals surface area contributed by atoms with E-state index in [9.17, 15) is 0 Å². The summed E-state index contributed by atoms with van der Waals surface area (Å²) in [6.45, 7) is 2.06. The SMILES string of the molecule is COc1ccc(-c2ccc(OC)cc2)cc1.COc1ccc(C)cc1. The minimum atomic E-state index is 0.872. The average Bonchev–Trinajstić information content (AvgIpc) is 2.69. The Morgan fingerprint density at radius 2 is 0.720 bits per heavy atom. The largest absolute Gasteiger partial charge is 0.497 e. The predicted octanol–water partition coefficient (Wildman–Crippen LogP) is 5.37. The number of methoxy groups -OCH3 is 3. The first-order valence-electron chi connectivity index (χ1n) is 8.05. The minimum Gasteiger partial charge on any atom is -0.497 e. The average molecular weight is 336 g/mol. The lowest BCUT2D eigenvalue weighted by Crippen LogP contribution is -1.84. The predicted molar refractivity (Wildman–Crippen MR) is 103 cm³/mol. The highest BCUT2D eigenvalue weighted by atomic mass is 16.5. The fourth-order valence-corrected chi connectivity index (χ4v) is 2.24. The van der Waals surface area contributed by atoms with Crippen LogP contribution in [0.3, 0.4) is 0 Å². The fraction of sp³-hybridized carbons (Fsp3) is 0.182. The van der Waals surface area contributed by atoms with Crippen LogP contribution in [0, 0.1) is 6.92 Å². The zero-order valence-electron chi connectivity index (χ0n) is 15.2. The molecule has 0 fully saturated rings. The highest BCUT2D eigenvalue weighted by Gasteiger charge is 1.98. The van der Waals surface area contributed by atoms with Gasteiger partial charge in [-0.25, -0.2) is 0 Å². The molecule has 0 aliphatic carbocycles. The second-order valence-electron chi connectivity index (χ2n) is 5.47. The lowest BCUT2D eigenvalue weighted by Gasteiger charge is -2.05. The van der Waals surface area contributed by atoms with E-state index in [1.165, 1.54) is 16.7 Å². The van der Waals surface area contributed by atoms with E-state index in [0.29, 0.717) is 0 Å². The van der Waals surface area contributed by atoms with Gasteiger partial charge in [0.1, 0.15) is 17.2 Å². The van der Waals surface area contributed by atoms with Gasteiger partial charge in [0, 0.05) is 0 Å². The van der Waals surface area contributed by atoms with Crippen LogP contribution in [-0.4, -0.2) is 21.3 Å². The van der Waals surface area contributed by atoms with Crippen molar-refractivity contribution >= 4 is 0 Å². The molecule has 3 nitrogen and oxygen atoms in total. The molecule has 0 bridgehead atoms. The third-order valence-corrected chi connectivity index (χ3v) is 3.77. The summed E-state index contributed by atoms with van der Waals surface area (Å²) in [5.41, 5.74) is 3.60. The first-order valence-corrected chi connectivity index (χ1v) is 8.05. The molecule has 0 heterocycles. The molecule has 0 radical (unpaired) electrons. The van der Waals surface area contributed by atoms with Gasteiger partial charge in [0.15, 0.2) is 0 Å². The molecule has 3 aromatic carbocycles. The van der Waals surface area contributed by atoms with E-state index in [0.717, 1.165) is 17.2 Å². The Morgan fingerprint density at radius 3 is 1.00 bits per heavy atom. The van der Waals surface area contributed by atoms with Gasteiger partial charge in [-0.3, -0.25) is 0 Å². The minimum absolute atomic E-state index is 0.872. The van der Waals surface area contributed by atoms with Crippen molar-refractivity contribution in [3.63, 3.8) is 0 Å². The molecule has 0 aromatic heterocycles. The van der Waals surface area contributed by atoms with Gasteiger partial charge in [0.25, 0.3) is 0 Å². The highest BCUT2D eigenvalue weighted by molar-refractivity contribution is 5.64. The molecule has 0 amide bonds. The Hall–Kier alpha value is -2.94. The number of benzene rings is 3. The van der Waals surface area contributed by atoms with Gasteiger partial charge < -0.3 is 14.2 Å². The van der Waals surface area contributed by atoms with Crippen LogP contribution in [0.15, 0.2) is 72.8 Å². The van der Waals surface area contributed by atoms with E-state index in [4.69, 9.17) is 14.2 Å². The molecule has 0 atom stereocenters. The number of aryl methyl sites for hydroxylation is 1. The van der Waals surface area contributed by atoms with Gasteiger partial charge in [-0.1, -0.05) is 42.0 Å². The Labute approximate surface area is 149 Å². The number of rotatable bonds is 4. The summed E-state index contributed by atoms with van der Waals surface area (Å²) >= 11 is 0. The third-order valence-electron chi connectivity index (χ3n) is 3.77. The number of hydrogen-bond acceptors (Lipinski definition) is 3. The number of ether oxygens (including phenoxy) is 3. The third kappa shape index (κ3) is 5.57. The Bertz CT molecular complexity index is 699. The Morgan fingerprint density at radius 1 is 0.440 bits per heavy atom. The molecule has 3 rings (SSSR count). The second kappa shape index (κ2) is 9.38. The lowest BCUT2D eigenvalue weighted by molar-refractivity contribution is 0.414. The van der Waals surface area contributed by atoms with Crippen molar-refractivity contribution in [3.8, 4) is 28.4 Å². The van der Waals surface area contributed by atoms with Gasteiger partial charge in [-0.05, 0) is 54.4 Å². The van der Waals surface area contributed by atoms with Crippen molar-refractivity contribution in [2.45, 2.75) is 6.92 Å². The maximum atomic E-state index is 5.12. The van der Waals surface area contributed by atoms with E-state index < -0.39 is 0 Å². The first kappa shape index (κ1) is 18.4. The smallest absolute Gasteiger partial charge is 0.118 e. The maximum absolute atomic E-state index is 5.12. The van der Waals surface area contributed by atoms with Crippen molar-refractivity contribution in [2.75, 3.05) is 21.3 Å². The topological polar surface area (TPSA) is 27.7 Å². The van der Waals surface area contributed by atoms with Crippen LogP contribution in [0.2, 0.25) is 0 Å². The van der Waals surface area contributed by atoms with Gasteiger partial charge in [0.05, 0.1) is 21.3 Å². The van der Waals surface area contributed by atoms with E-state index in [1.54, 1.807) is 21.3 Å². The van der Waals surface area contributed by atoms with Crippen LogP contribution in [0.5, 0.6) is 17.2 Å². The van der Waals surface area contributed by atoms with Crippen molar-refractivity contribution in [3.05, 3.63) is 78.4 Å². The Balaban J connectivity index is 0.000000212. The molecule has 0 saturated carbocycles. The van der Waals surface area contributed by atoms with Gasteiger partial charge in [-0.15, -0.1) is 0 Å². The van der Waals surface area contributed by atoms with Gasteiger partial charge >= 0.3 is 0 Å². The fourth-order valence-electron chi connectivity index (χ4n) is 2.24. The molecular formula is C22H24O3. The van der Waals surface area contributed by atoms with Gasteiger partial charge in [-0.2, -0.15) is 0 Å². The van der Waals surface area contributed by atoms with Crippen LogP contribution >= 0.6 is 0 Å². The van der Waals surface area contributed by atoms with E-state index in [2.05, 4.69) is 6.92 Å². The van der Waals surface area contributed by atoms with Crippen LogP contribution in [0.1, 0.15) is 5.56 Å². The van der Waals surface area contributed by atoms with Crippen LogP contribution < -0.4 is 14.2 Å². The lowest BCUT2D eigenvalue weighted by atomic mass is 10.1. The van der Waals surface area contributed by atoms with E-state index in [-0.39, 0.29) is 0 Å². The molecule has 0 spiro atoms. The summed E-state index contributed by atoms with van der Waals surface area (Å²) in [6, 6.07) is 24.0. The standard InChI is InChI=1S/C14H14O2.C8H10O/c1-15-13-7-3-11(4-8-13)12-5-9-14(16-2)10-6-12;1-7-3-5-8(9-2)6-4-7/h3-10H,1-2H3;3-6H,1-2H3. The van der Waals surface area contributed by atoms with Crippen molar-refractivity contribution < 1.29 is 14.2 Å². The van der Waals surface area contributed by atoms with Crippen LogP contribution in [-0.2, 0) is 0 Å². The normalized spacial score (nSPS) is 9.60. The van der Waals surface area contributed by atoms with Crippen molar-refractivity contribution in [1.82, 2.24) is 0 Å². The summed E-state index contributed by atoms with van der Waals surface area (Å²) in [7, 11) is 5.01. The van der Waals surface area contributed by atoms with Crippen molar-refractivity contribution in [2.24, 2.45) is 0 Å². The van der Waals surface area contributed by atoms with Gasteiger partial charge in [0.2, 0.25) is 0 Å². The van der Waals surface area contributed by atoms with Crippen LogP contribution in [0.4, 0.5) is 0 Å². The zero-order chi connectivity index (χ0) is 18.1. The van der Waals surface area contributed by atoms with E-state index >= 15 is 0 Å². The first-order chi connectivity index (χ1) is 12.2. The summed E-state index contributed by atoms with van der Waals surface area (Å²) in [6.07, 6.45) is 0. The zero-order valence-corrected chi connectivity index (χ0v) is 15.2. The Kier molecular flexibility index (Phi) is 6.90. The molecule has 0 unspecified atom stereocenters. The molecule has 25 heavy (non-hydrogen) atoms. The molecule has 0 saturated heterocycles. The van der Waals surface area contributed by atoms with Crippen LogP contribution in [0.25, 0.3) is 11.1 Å². The maximum Gasteiger partial charge on any atom is 0.118 e. The van der Waals surface area contributed by atoms with E-state index in [1.807, 2.05) is 72.8 Å².